The lowest BCUT2D eigenvalue weighted by molar-refractivity contribution is -0.141. The van der Waals surface area contributed by atoms with E-state index in [0.717, 1.165) is 36.9 Å². The van der Waals surface area contributed by atoms with Crippen molar-refractivity contribution in [3.05, 3.63) is 66.5 Å². The number of benzene rings is 2. The fourth-order valence-electron chi connectivity index (χ4n) is 6.58. The van der Waals surface area contributed by atoms with Crippen LogP contribution < -0.4 is 5.32 Å². The number of carbonyl (C=O) groups excluding carboxylic acids is 2. The Morgan fingerprint density at radius 2 is 1.67 bits per heavy atom. The van der Waals surface area contributed by atoms with Gasteiger partial charge >= 0.3 is 0 Å². The molecule has 2 aromatic carbocycles. The number of likely N-dealkylation sites (tertiary alicyclic amines) is 1. The van der Waals surface area contributed by atoms with Crippen LogP contribution in [0.5, 0.6) is 0 Å². The molecular formula is C29H35N5O2. The number of rotatable bonds is 7. The maximum atomic E-state index is 13.0. The second-order valence-corrected chi connectivity index (χ2v) is 10.8. The van der Waals surface area contributed by atoms with Crippen molar-refractivity contribution < 1.29 is 9.59 Å². The molecule has 188 valence electrons. The van der Waals surface area contributed by atoms with Crippen molar-refractivity contribution >= 4 is 22.8 Å². The van der Waals surface area contributed by atoms with Crippen molar-refractivity contribution in [3.8, 4) is 0 Å². The molecule has 3 saturated heterocycles. The van der Waals surface area contributed by atoms with E-state index in [9.17, 15) is 9.59 Å². The van der Waals surface area contributed by atoms with Gasteiger partial charge in [0, 0.05) is 44.7 Å². The normalized spacial score (nSPS) is 25.0. The summed E-state index contributed by atoms with van der Waals surface area (Å²) >= 11 is 0. The smallest absolute Gasteiger partial charge is 0.227 e. The van der Waals surface area contributed by atoms with E-state index in [1.165, 1.54) is 18.4 Å². The van der Waals surface area contributed by atoms with Gasteiger partial charge in [-0.05, 0) is 49.8 Å². The standard InChI is InChI=1S/C29H35N5O2/c1-20(35)32-17-22(18-32)29(36)31-26(21-7-3-2-4-8-21)13-14-33-23-11-12-24(33)16-25(15-23)34-19-30-27-9-5-6-10-28(27)34/h2-10,19,22-26H,11-18H2,1H3,(H,31,36)/t23-,24+,25+,26-/m0/s1. The minimum absolute atomic E-state index is 0.0141. The maximum Gasteiger partial charge on any atom is 0.227 e. The lowest BCUT2D eigenvalue weighted by atomic mass is 9.94. The molecule has 1 aromatic heterocycles. The number of amides is 2. The zero-order valence-electron chi connectivity index (χ0n) is 20.9. The van der Waals surface area contributed by atoms with E-state index in [1.54, 1.807) is 11.8 Å². The van der Waals surface area contributed by atoms with E-state index in [4.69, 9.17) is 0 Å². The number of fused-ring (bicyclic) bond motifs is 3. The van der Waals surface area contributed by atoms with Gasteiger partial charge in [-0.1, -0.05) is 42.5 Å². The molecule has 0 spiro atoms. The third kappa shape index (κ3) is 4.41. The van der Waals surface area contributed by atoms with E-state index in [0.29, 0.717) is 31.2 Å². The first-order valence-corrected chi connectivity index (χ1v) is 13.3. The molecule has 2 amide bonds. The molecule has 0 unspecified atom stereocenters. The minimum Gasteiger partial charge on any atom is -0.349 e. The van der Waals surface area contributed by atoms with Gasteiger partial charge in [0.05, 0.1) is 29.3 Å². The van der Waals surface area contributed by atoms with Crippen LogP contribution >= 0.6 is 0 Å². The summed E-state index contributed by atoms with van der Waals surface area (Å²) in [6.45, 7) is 3.61. The van der Waals surface area contributed by atoms with Crippen molar-refractivity contribution in [2.75, 3.05) is 19.6 Å². The number of piperidine rings is 1. The number of nitrogens with one attached hydrogen (secondary N) is 1. The fraction of sp³-hybridized carbons (Fsp3) is 0.483. The molecule has 4 atom stereocenters. The molecule has 3 aliphatic rings. The van der Waals surface area contributed by atoms with Gasteiger partial charge < -0.3 is 14.8 Å². The molecule has 0 aliphatic carbocycles. The Morgan fingerprint density at radius 1 is 0.972 bits per heavy atom. The molecule has 6 rings (SSSR count). The summed E-state index contributed by atoms with van der Waals surface area (Å²) in [5, 5.41) is 3.32. The maximum absolute atomic E-state index is 13.0. The highest BCUT2D eigenvalue weighted by Crippen LogP contribution is 2.42. The lowest BCUT2D eigenvalue weighted by Crippen LogP contribution is -2.55. The highest BCUT2D eigenvalue weighted by molar-refractivity contribution is 5.84. The van der Waals surface area contributed by atoms with Gasteiger partial charge in [-0.3, -0.25) is 14.5 Å². The first-order valence-electron chi connectivity index (χ1n) is 13.3. The van der Waals surface area contributed by atoms with Crippen LogP contribution in [0.15, 0.2) is 60.9 Å². The van der Waals surface area contributed by atoms with Crippen LogP contribution in [-0.2, 0) is 9.59 Å². The quantitative estimate of drug-likeness (QED) is 0.551. The molecule has 3 aromatic rings. The van der Waals surface area contributed by atoms with Crippen LogP contribution in [0.25, 0.3) is 11.0 Å². The number of aromatic nitrogens is 2. The van der Waals surface area contributed by atoms with Gasteiger partial charge in [0.1, 0.15) is 0 Å². The van der Waals surface area contributed by atoms with Gasteiger partial charge in [0.15, 0.2) is 0 Å². The van der Waals surface area contributed by atoms with Crippen LogP contribution in [0.4, 0.5) is 0 Å². The Morgan fingerprint density at radius 3 is 2.39 bits per heavy atom. The monoisotopic (exact) mass is 485 g/mol. The van der Waals surface area contributed by atoms with Crippen LogP contribution in [0.3, 0.4) is 0 Å². The summed E-state index contributed by atoms with van der Waals surface area (Å²) in [7, 11) is 0. The average Bonchev–Trinajstić information content (AvgIpc) is 3.38. The molecule has 7 nitrogen and oxygen atoms in total. The number of hydrogen-bond acceptors (Lipinski definition) is 4. The van der Waals surface area contributed by atoms with Crippen molar-refractivity contribution in [1.82, 2.24) is 24.7 Å². The Kier molecular flexibility index (Phi) is 6.25. The van der Waals surface area contributed by atoms with E-state index < -0.39 is 0 Å². The first-order chi connectivity index (χ1) is 17.6. The number of carbonyl (C=O) groups is 2. The SMILES string of the molecule is CC(=O)N1CC(C(=O)N[C@@H](CCN2[C@@H]3CC[C@H]2C[C@@H](n2cnc4ccccc42)C3)c2ccccc2)C1. The Labute approximate surface area is 212 Å². The van der Waals surface area contributed by atoms with E-state index in [1.807, 2.05) is 24.5 Å². The minimum atomic E-state index is -0.1000. The van der Waals surface area contributed by atoms with Crippen molar-refractivity contribution in [3.63, 3.8) is 0 Å². The Bertz CT molecular complexity index is 1220. The predicted octanol–water partition coefficient (Wildman–Crippen LogP) is 3.93. The topological polar surface area (TPSA) is 70.5 Å². The molecule has 0 saturated carbocycles. The second-order valence-electron chi connectivity index (χ2n) is 10.8. The molecule has 4 heterocycles. The van der Waals surface area contributed by atoms with Crippen LogP contribution in [0.2, 0.25) is 0 Å². The van der Waals surface area contributed by atoms with Gasteiger partial charge in [-0.15, -0.1) is 0 Å². The zero-order chi connectivity index (χ0) is 24.6. The highest BCUT2D eigenvalue weighted by Gasteiger charge is 2.41. The number of para-hydroxylation sites is 2. The third-order valence-electron chi connectivity index (χ3n) is 8.63. The molecule has 3 aliphatic heterocycles. The molecule has 2 bridgehead atoms. The molecular weight excluding hydrogens is 450 g/mol. The molecule has 36 heavy (non-hydrogen) atoms. The molecule has 1 N–H and O–H groups in total. The lowest BCUT2D eigenvalue weighted by Gasteiger charge is -2.41. The summed E-state index contributed by atoms with van der Waals surface area (Å²) in [5.74, 6) is 0.00767. The molecule has 7 heteroatoms. The molecule has 0 radical (unpaired) electrons. The largest absolute Gasteiger partial charge is 0.349 e. The van der Waals surface area contributed by atoms with Gasteiger partial charge in [0.2, 0.25) is 11.8 Å². The average molecular weight is 486 g/mol. The number of hydrogen-bond donors (Lipinski definition) is 1. The predicted molar refractivity (Wildman–Crippen MR) is 139 cm³/mol. The number of nitrogens with zero attached hydrogens (tertiary/aromatic N) is 4. The third-order valence-corrected chi connectivity index (χ3v) is 8.63. The van der Waals surface area contributed by atoms with Crippen LogP contribution in [0, 0.1) is 5.92 Å². The van der Waals surface area contributed by atoms with E-state index in [2.05, 4.69) is 56.2 Å². The molecule has 3 fully saturated rings. The fourth-order valence-corrected chi connectivity index (χ4v) is 6.58. The van der Waals surface area contributed by atoms with Gasteiger partial charge in [-0.25, -0.2) is 4.98 Å². The van der Waals surface area contributed by atoms with E-state index in [-0.39, 0.29) is 23.8 Å². The van der Waals surface area contributed by atoms with Crippen molar-refractivity contribution in [1.29, 1.82) is 0 Å². The Balaban J connectivity index is 1.11. The second kappa shape index (κ2) is 9.69. The van der Waals surface area contributed by atoms with Crippen LogP contribution in [0.1, 0.15) is 56.7 Å². The summed E-state index contributed by atoms with van der Waals surface area (Å²) < 4.78 is 2.40. The number of imidazole rings is 1. The highest BCUT2D eigenvalue weighted by atomic mass is 16.2. The zero-order valence-corrected chi connectivity index (χ0v) is 20.9. The van der Waals surface area contributed by atoms with Crippen molar-refractivity contribution in [2.45, 2.75) is 63.2 Å². The Hall–Kier alpha value is -3.19. The summed E-state index contributed by atoms with van der Waals surface area (Å²) in [6.07, 6.45) is 7.73. The van der Waals surface area contributed by atoms with Crippen molar-refractivity contribution in [2.24, 2.45) is 5.92 Å². The summed E-state index contributed by atoms with van der Waals surface area (Å²) in [6, 6.07) is 20.4. The summed E-state index contributed by atoms with van der Waals surface area (Å²) in [5.41, 5.74) is 3.47. The van der Waals surface area contributed by atoms with Gasteiger partial charge in [0.25, 0.3) is 0 Å². The van der Waals surface area contributed by atoms with Crippen LogP contribution in [-0.4, -0.2) is 62.9 Å². The van der Waals surface area contributed by atoms with E-state index >= 15 is 0 Å². The summed E-state index contributed by atoms with van der Waals surface area (Å²) in [4.78, 5) is 33.6. The first kappa shape index (κ1) is 23.2. The van der Waals surface area contributed by atoms with Gasteiger partial charge in [-0.2, -0.15) is 0 Å².